The predicted molar refractivity (Wildman–Crippen MR) is 124 cm³/mol. The number of halogens is 1. The summed E-state index contributed by atoms with van der Waals surface area (Å²) >= 11 is 0. The minimum Gasteiger partial charge on any atom is -0.369 e. The monoisotopic (exact) mass is 417 g/mol. The molecular formula is C26H28FN3O. The van der Waals surface area contributed by atoms with Crippen molar-refractivity contribution in [2.45, 2.75) is 19.9 Å². The number of hydrogen-bond acceptors (Lipinski definition) is 3. The van der Waals surface area contributed by atoms with E-state index in [2.05, 4.69) is 22.0 Å². The number of benzene rings is 3. The fourth-order valence-corrected chi connectivity index (χ4v) is 3.88. The standard InChI is InChI=1S/C26H28FN3O/c1-2-20-7-9-21(10-8-20)26(31)28-23-11-13-24(14-12-23)30-17-15-29(16-18-30)19-22-5-3-4-6-25(22)27/h3-14H,2,15-19H2,1H3,(H,28,31). The van der Waals surface area contributed by atoms with Crippen LogP contribution in [0.25, 0.3) is 0 Å². The Morgan fingerprint density at radius 2 is 1.58 bits per heavy atom. The molecular weight excluding hydrogens is 389 g/mol. The minimum atomic E-state index is -0.135. The van der Waals surface area contributed by atoms with Gasteiger partial charge in [-0.2, -0.15) is 0 Å². The summed E-state index contributed by atoms with van der Waals surface area (Å²) in [4.78, 5) is 17.1. The van der Waals surface area contributed by atoms with Crippen LogP contribution in [0.3, 0.4) is 0 Å². The lowest BCUT2D eigenvalue weighted by Gasteiger charge is -2.36. The van der Waals surface area contributed by atoms with E-state index in [4.69, 9.17) is 0 Å². The van der Waals surface area contributed by atoms with Crippen molar-refractivity contribution >= 4 is 17.3 Å². The maximum absolute atomic E-state index is 13.9. The average Bonchev–Trinajstić information content (AvgIpc) is 2.82. The molecule has 3 aromatic carbocycles. The molecule has 0 aromatic heterocycles. The normalized spacial score (nSPS) is 14.5. The zero-order chi connectivity index (χ0) is 21.6. The Kier molecular flexibility index (Phi) is 6.63. The highest BCUT2D eigenvalue weighted by Gasteiger charge is 2.18. The van der Waals surface area contributed by atoms with E-state index in [1.54, 1.807) is 6.07 Å². The summed E-state index contributed by atoms with van der Waals surface area (Å²) in [5.41, 5.74) is 4.55. The van der Waals surface area contributed by atoms with Gasteiger partial charge in [-0.05, 0) is 54.4 Å². The summed E-state index contributed by atoms with van der Waals surface area (Å²) in [5.74, 6) is -0.235. The third-order valence-corrected chi connectivity index (χ3v) is 5.84. The number of anilines is 2. The Hall–Kier alpha value is -3.18. The van der Waals surface area contributed by atoms with Crippen LogP contribution in [0.15, 0.2) is 72.8 Å². The molecule has 5 heteroatoms. The van der Waals surface area contributed by atoms with Crippen LogP contribution in [-0.4, -0.2) is 37.0 Å². The second kappa shape index (κ2) is 9.75. The van der Waals surface area contributed by atoms with Crippen LogP contribution in [0, 0.1) is 5.82 Å². The summed E-state index contributed by atoms with van der Waals surface area (Å²) in [6, 6.07) is 22.7. The highest BCUT2D eigenvalue weighted by Crippen LogP contribution is 2.21. The van der Waals surface area contributed by atoms with Crippen molar-refractivity contribution in [2.24, 2.45) is 0 Å². The molecule has 1 aliphatic rings. The first-order valence-corrected chi connectivity index (χ1v) is 10.8. The molecule has 0 atom stereocenters. The SMILES string of the molecule is CCc1ccc(C(=O)Nc2ccc(N3CCN(Cc4ccccc4F)CC3)cc2)cc1. The lowest BCUT2D eigenvalue weighted by molar-refractivity contribution is 0.102. The number of carbonyl (C=O) groups excluding carboxylic acids is 1. The van der Waals surface area contributed by atoms with Crippen LogP contribution in [0.5, 0.6) is 0 Å². The van der Waals surface area contributed by atoms with Crippen molar-refractivity contribution in [2.75, 3.05) is 36.4 Å². The molecule has 1 fully saturated rings. The number of piperazine rings is 1. The third-order valence-electron chi connectivity index (χ3n) is 5.84. The van der Waals surface area contributed by atoms with Crippen LogP contribution in [-0.2, 0) is 13.0 Å². The molecule has 1 heterocycles. The van der Waals surface area contributed by atoms with Crippen molar-refractivity contribution in [3.05, 3.63) is 95.3 Å². The molecule has 1 amide bonds. The van der Waals surface area contributed by atoms with Gasteiger partial charge < -0.3 is 10.2 Å². The van der Waals surface area contributed by atoms with E-state index in [1.807, 2.05) is 60.7 Å². The Balaban J connectivity index is 1.30. The van der Waals surface area contributed by atoms with Gasteiger partial charge in [-0.1, -0.05) is 37.3 Å². The van der Waals surface area contributed by atoms with Gasteiger partial charge in [0.2, 0.25) is 0 Å². The number of amides is 1. The third kappa shape index (κ3) is 5.30. The van der Waals surface area contributed by atoms with Crippen LogP contribution in [0.1, 0.15) is 28.4 Å². The second-order valence-corrected chi connectivity index (χ2v) is 7.91. The van der Waals surface area contributed by atoms with E-state index in [9.17, 15) is 9.18 Å². The highest BCUT2D eigenvalue weighted by atomic mass is 19.1. The smallest absolute Gasteiger partial charge is 0.255 e. The molecule has 4 nitrogen and oxygen atoms in total. The summed E-state index contributed by atoms with van der Waals surface area (Å²) in [7, 11) is 0. The molecule has 1 N–H and O–H groups in total. The molecule has 1 aliphatic heterocycles. The van der Waals surface area contributed by atoms with Gasteiger partial charge in [0.15, 0.2) is 0 Å². The molecule has 31 heavy (non-hydrogen) atoms. The quantitative estimate of drug-likeness (QED) is 0.616. The molecule has 160 valence electrons. The number of nitrogens with zero attached hydrogens (tertiary/aromatic N) is 2. The van der Waals surface area contributed by atoms with E-state index in [0.29, 0.717) is 12.1 Å². The maximum Gasteiger partial charge on any atom is 0.255 e. The first-order valence-electron chi connectivity index (χ1n) is 10.8. The molecule has 0 bridgehead atoms. The van der Waals surface area contributed by atoms with Crippen molar-refractivity contribution in [1.82, 2.24) is 4.90 Å². The van der Waals surface area contributed by atoms with E-state index in [1.165, 1.54) is 11.6 Å². The van der Waals surface area contributed by atoms with Crippen LogP contribution in [0.4, 0.5) is 15.8 Å². The maximum atomic E-state index is 13.9. The zero-order valence-corrected chi connectivity index (χ0v) is 17.9. The minimum absolute atomic E-state index is 0.0999. The van der Waals surface area contributed by atoms with Crippen LogP contribution < -0.4 is 10.2 Å². The van der Waals surface area contributed by atoms with Crippen molar-refractivity contribution in [3.8, 4) is 0 Å². The number of aryl methyl sites for hydroxylation is 1. The molecule has 4 rings (SSSR count). The van der Waals surface area contributed by atoms with Gasteiger partial charge >= 0.3 is 0 Å². The summed E-state index contributed by atoms with van der Waals surface area (Å²) in [6.07, 6.45) is 0.959. The van der Waals surface area contributed by atoms with E-state index < -0.39 is 0 Å². The summed E-state index contributed by atoms with van der Waals surface area (Å²) < 4.78 is 13.9. The van der Waals surface area contributed by atoms with Gasteiger partial charge in [0.05, 0.1) is 0 Å². The van der Waals surface area contributed by atoms with Crippen molar-refractivity contribution in [3.63, 3.8) is 0 Å². The van der Waals surface area contributed by atoms with E-state index in [-0.39, 0.29) is 11.7 Å². The van der Waals surface area contributed by atoms with Crippen LogP contribution in [0.2, 0.25) is 0 Å². The lowest BCUT2D eigenvalue weighted by atomic mass is 10.1. The van der Waals surface area contributed by atoms with Crippen molar-refractivity contribution in [1.29, 1.82) is 0 Å². The number of nitrogens with one attached hydrogen (secondary N) is 1. The van der Waals surface area contributed by atoms with Gasteiger partial charge in [-0.15, -0.1) is 0 Å². The van der Waals surface area contributed by atoms with Gasteiger partial charge in [-0.3, -0.25) is 9.69 Å². The Bertz CT molecular complexity index is 1010. The second-order valence-electron chi connectivity index (χ2n) is 7.91. The average molecular weight is 418 g/mol. The Morgan fingerprint density at radius 3 is 2.23 bits per heavy atom. The topological polar surface area (TPSA) is 35.6 Å². The highest BCUT2D eigenvalue weighted by molar-refractivity contribution is 6.04. The number of carbonyl (C=O) groups is 1. The first kappa shape index (κ1) is 21.1. The molecule has 0 aliphatic carbocycles. The van der Waals surface area contributed by atoms with Gasteiger partial charge in [0, 0.05) is 55.2 Å². The van der Waals surface area contributed by atoms with E-state index >= 15 is 0 Å². The molecule has 1 saturated heterocycles. The predicted octanol–water partition coefficient (Wildman–Crippen LogP) is 4.96. The fourth-order valence-electron chi connectivity index (χ4n) is 3.88. The van der Waals surface area contributed by atoms with Crippen molar-refractivity contribution < 1.29 is 9.18 Å². The molecule has 0 radical (unpaired) electrons. The van der Waals surface area contributed by atoms with E-state index in [0.717, 1.165) is 49.5 Å². The fraction of sp³-hybridized carbons (Fsp3) is 0.269. The number of hydrogen-bond donors (Lipinski definition) is 1. The van der Waals surface area contributed by atoms with Gasteiger partial charge in [0.1, 0.15) is 5.82 Å². The largest absolute Gasteiger partial charge is 0.369 e. The Labute approximate surface area is 183 Å². The van der Waals surface area contributed by atoms with Gasteiger partial charge in [0.25, 0.3) is 5.91 Å². The summed E-state index contributed by atoms with van der Waals surface area (Å²) in [5, 5.41) is 2.96. The zero-order valence-electron chi connectivity index (χ0n) is 17.9. The molecule has 0 spiro atoms. The summed E-state index contributed by atoms with van der Waals surface area (Å²) in [6.45, 7) is 6.30. The molecule has 3 aromatic rings. The number of rotatable bonds is 6. The van der Waals surface area contributed by atoms with Gasteiger partial charge in [-0.25, -0.2) is 4.39 Å². The molecule has 0 unspecified atom stereocenters. The molecule has 0 saturated carbocycles. The van der Waals surface area contributed by atoms with Crippen LogP contribution >= 0.6 is 0 Å². The lowest BCUT2D eigenvalue weighted by Crippen LogP contribution is -2.46. The first-order chi connectivity index (χ1) is 15.1. The Morgan fingerprint density at radius 1 is 0.903 bits per heavy atom.